The molecule has 0 heterocycles. The number of aliphatic hydroxyl groups excluding tert-OH is 1. The summed E-state index contributed by atoms with van der Waals surface area (Å²) in [6.07, 6.45) is 3.19. The van der Waals surface area contributed by atoms with Gasteiger partial charge in [-0.2, -0.15) is 0 Å². The Kier molecular flexibility index (Phi) is 4.81. The van der Waals surface area contributed by atoms with Crippen molar-refractivity contribution in [3.63, 3.8) is 0 Å². The third-order valence-corrected chi connectivity index (χ3v) is 4.29. The third kappa shape index (κ3) is 3.60. The lowest BCUT2D eigenvalue weighted by molar-refractivity contribution is -0.121. The van der Waals surface area contributed by atoms with E-state index >= 15 is 0 Å². The van der Waals surface area contributed by atoms with Gasteiger partial charge in [-0.1, -0.05) is 26.0 Å². The summed E-state index contributed by atoms with van der Waals surface area (Å²) in [5.74, 6) is 1.49. The fourth-order valence-electron chi connectivity index (χ4n) is 3.30. The van der Waals surface area contributed by atoms with Crippen LogP contribution in [0.2, 0.25) is 0 Å². The van der Waals surface area contributed by atoms with Crippen molar-refractivity contribution >= 4 is 11.6 Å². The van der Waals surface area contributed by atoms with Crippen LogP contribution in [0.1, 0.15) is 44.2 Å². The average molecular weight is 275 g/mol. The Morgan fingerprint density at radius 3 is 2.50 bits per heavy atom. The highest BCUT2D eigenvalue weighted by atomic mass is 16.3. The van der Waals surface area contributed by atoms with Crippen LogP contribution in [0.3, 0.4) is 0 Å². The Morgan fingerprint density at radius 2 is 1.90 bits per heavy atom. The van der Waals surface area contributed by atoms with E-state index in [0.717, 1.165) is 29.7 Å². The molecule has 0 radical (unpaired) electrons. The van der Waals surface area contributed by atoms with E-state index in [0.29, 0.717) is 11.8 Å². The molecule has 3 heteroatoms. The van der Waals surface area contributed by atoms with Crippen molar-refractivity contribution in [1.82, 2.24) is 0 Å². The van der Waals surface area contributed by atoms with Crippen LogP contribution in [-0.4, -0.2) is 11.0 Å². The van der Waals surface area contributed by atoms with Crippen molar-refractivity contribution < 1.29 is 9.90 Å². The topological polar surface area (TPSA) is 49.3 Å². The molecule has 1 saturated carbocycles. The average Bonchev–Trinajstić information content (AvgIpc) is 2.40. The number of carbonyl (C=O) groups excluding carboxylic acids is 1. The molecule has 20 heavy (non-hydrogen) atoms. The van der Waals surface area contributed by atoms with E-state index < -0.39 is 0 Å². The normalized spacial score (nSPS) is 26.3. The number of anilines is 1. The molecule has 1 amide bonds. The van der Waals surface area contributed by atoms with Crippen LogP contribution in [0.25, 0.3) is 0 Å². The summed E-state index contributed by atoms with van der Waals surface area (Å²) in [5, 5.41) is 12.2. The van der Waals surface area contributed by atoms with Crippen LogP contribution >= 0.6 is 0 Å². The molecule has 1 aromatic carbocycles. The molecule has 3 nitrogen and oxygen atoms in total. The minimum absolute atomic E-state index is 0.000642. The van der Waals surface area contributed by atoms with Gasteiger partial charge >= 0.3 is 0 Å². The van der Waals surface area contributed by atoms with E-state index in [1.807, 2.05) is 25.1 Å². The molecule has 1 aliphatic rings. The predicted octanol–water partition coefficient (Wildman–Crippen LogP) is 3.50. The zero-order valence-corrected chi connectivity index (χ0v) is 12.6. The number of aryl methyl sites for hydroxylation is 1. The van der Waals surface area contributed by atoms with Crippen molar-refractivity contribution in [2.45, 2.75) is 46.6 Å². The maximum atomic E-state index is 12.4. The number of nitrogens with one attached hydrogen (secondary N) is 1. The fourth-order valence-corrected chi connectivity index (χ4v) is 3.30. The van der Waals surface area contributed by atoms with Gasteiger partial charge in [-0.15, -0.1) is 0 Å². The molecule has 1 aromatic rings. The molecule has 0 aliphatic heterocycles. The van der Waals surface area contributed by atoms with Gasteiger partial charge in [0, 0.05) is 11.6 Å². The first kappa shape index (κ1) is 15.0. The number of carbonyl (C=O) groups is 1. The maximum absolute atomic E-state index is 12.4. The van der Waals surface area contributed by atoms with Gasteiger partial charge in [-0.05, 0) is 55.2 Å². The minimum atomic E-state index is 0.000642. The molecule has 1 fully saturated rings. The zero-order valence-electron chi connectivity index (χ0n) is 12.6. The first-order valence-electron chi connectivity index (χ1n) is 7.50. The summed E-state index contributed by atoms with van der Waals surface area (Å²) >= 11 is 0. The number of aliphatic hydroxyl groups is 1. The fraction of sp³-hybridized carbons (Fsp3) is 0.588. The third-order valence-electron chi connectivity index (χ3n) is 4.29. The monoisotopic (exact) mass is 275 g/mol. The highest BCUT2D eigenvalue weighted by Gasteiger charge is 2.29. The van der Waals surface area contributed by atoms with Crippen molar-refractivity contribution in [1.29, 1.82) is 0 Å². The van der Waals surface area contributed by atoms with Crippen molar-refractivity contribution in [3.05, 3.63) is 29.3 Å². The van der Waals surface area contributed by atoms with Crippen molar-refractivity contribution in [2.75, 3.05) is 5.32 Å². The lowest BCUT2D eigenvalue weighted by atomic mass is 9.76. The number of amides is 1. The van der Waals surface area contributed by atoms with E-state index in [4.69, 9.17) is 0 Å². The smallest absolute Gasteiger partial charge is 0.227 e. The van der Waals surface area contributed by atoms with Crippen LogP contribution in [0.5, 0.6) is 0 Å². The molecule has 0 spiro atoms. The van der Waals surface area contributed by atoms with Crippen LogP contribution < -0.4 is 5.32 Å². The van der Waals surface area contributed by atoms with Crippen LogP contribution in [0.15, 0.2) is 18.2 Å². The molecular formula is C17H25NO2. The first-order chi connectivity index (χ1) is 9.49. The largest absolute Gasteiger partial charge is 0.392 e. The van der Waals surface area contributed by atoms with E-state index in [-0.39, 0.29) is 18.4 Å². The summed E-state index contributed by atoms with van der Waals surface area (Å²) in [6, 6.07) is 5.69. The Bertz CT molecular complexity index is 474. The second kappa shape index (κ2) is 6.40. The Labute approximate surface area is 121 Å². The molecular weight excluding hydrogens is 250 g/mol. The molecule has 2 unspecified atom stereocenters. The Balaban J connectivity index is 2.07. The van der Waals surface area contributed by atoms with Gasteiger partial charge in [0.25, 0.3) is 0 Å². The van der Waals surface area contributed by atoms with Crippen molar-refractivity contribution in [2.24, 2.45) is 17.8 Å². The summed E-state index contributed by atoms with van der Waals surface area (Å²) < 4.78 is 0. The van der Waals surface area contributed by atoms with Crippen LogP contribution in [0.4, 0.5) is 5.69 Å². The van der Waals surface area contributed by atoms with Gasteiger partial charge in [-0.25, -0.2) is 0 Å². The number of hydrogen-bond acceptors (Lipinski definition) is 2. The summed E-state index contributed by atoms with van der Waals surface area (Å²) in [6.45, 7) is 6.44. The molecule has 0 saturated heterocycles. The first-order valence-corrected chi connectivity index (χ1v) is 7.50. The second-order valence-corrected chi connectivity index (χ2v) is 6.41. The molecule has 2 N–H and O–H groups in total. The van der Waals surface area contributed by atoms with E-state index in [1.165, 1.54) is 6.42 Å². The lowest BCUT2D eigenvalue weighted by Gasteiger charge is -2.30. The molecule has 1 aliphatic carbocycles. The molecule has 110 valence electrons. The molecule has 0 aromatic heterocycles. The van der Waals surface area contributed by atoms with E-state index in [2.05, 4.69) is 19.2 Å². The predicted molar refractivity (Wildman–Crippen MR) is 81.4 cm³/mol. The number of hydrogen-bond donors (Lipinski definition) is 2. The Morgan fingerprint density at radius 1 is 1.25 bits per heavy atom. The van der Waals surface area contributed by atoms with E-state index in [9.17, 15) is 9.90 Å². The summed E-state index contributed by atoms with van der Waals surface area (Å²) in [5.41, 5.74) is 2.69. The van der Waals surface area contributed by atoms with Gasteiger partial charge in [0.2, 0.25) is 5.91 Å². The quantitative estimate of drug-likeness (QED) is 0.887. The SMILES string of the molecule is Cc1ccc(CO)cc1NC(=O)C1CC(C)CC(C)C1. The van der Waals surface area contributed by atoms with Gasteiger partial charge < -0.3 is 10.4 Å². The summed E-state index contributed by atoms with van der Waals surface area (Å²) in [4.78, 5) is 12.4. The van der Waals surface area contributed by atoms with Gasteiger partial charge in [0.05, 0.1) is 6.61 Å². The van der Waals surface area contributed by atoms with Gasteiger partial charge in [0.1, 0.15) is 0 Å². The van der Waals surface area contributed by atoms with Gasteiger partial charge in [-0.3, -0.25) is 4.79 Å². The van der Waals surface area contributed by atoms with Crippen molar-refractivity contribution in [3.8, 4) is 0 Å². The minimum Gasteiger partial charge on any atom is -0.392 e. The number of benzene rings is 1. The molecule has 2 rings (SSSR count). The molecule has 0 bridgehead atoms. The number of rotatable bonds is 3. The second-order valence-electron chi connectivity index (χ2n) is 6.41. The molecule has 2 atom stereocenters. The summed E-state index contributed by atoms with van der Waals surface area (Å²) in [7, 11) is 0. The standard InChI is InChI=1S/C17H25NO2/c1-11-6-12(2)8-15(7-11)17(20)18-16-9-14(10-19)5-4-13(16)3/h4-5,9,11-12,15,19H,6-8,10H2,1-3H3,(H,18,20). The Hall–Kier alpha value is -1.35. The van der Waals surface area contributed by atoms with Crippen LogP contribution in [-0.2, 0) is 11.4 Å². The zero-order chi connectivity index (χ0) is 14.7. The van der Waals surface area contributed by atoms with E-state index in [1.54, 1.807) is 0 Å². The van der Waals surface area contributed by atoms with Crippen LogP contribution in [0, 0.1) is 24.7 Å². The lowest BCUT2D eigenvalue weighted by Crippen LogP contribution is -2.30. The highest BCUT2D eigenvalue weighted by Crippen LogP contribution is 2.33. The van der Waals surface area contributed by atoms with Gasteiger partial charge in [0.15, 0.2) is 0 Å². The highest BCUT2D eigenvalue weighted by molar-refractivity contribution is 5.93. The maximum Gasteiger partial charge on any atom is 0.227 e.